The van der Waals surface area contributed by atoms with E-state index in [0.29, 0.717) is 25.7 Å². The molecule has 2 heterocycles. The summed E-state index contributed by atoms with van der Waals surface area (Å²) in [5.74, 6) is 1.65. The molecule has 26 heavy (non-hydrogen) atoms. The summed E-state index contributed by atoms with van der Waals surface area (Å²) in [7, 11) is 0. The minimum atomic E-state index is -0.418. The van der Waals surface area contributed by atoms with E-state index in [9.17, 15) is 9.59 Å². The maximum absolute atomic E-state index is 12.2. The van der Waals surface area contributed by atoms with Crippen LogP contribution in [0.5, 0.6) is 11.5 Å². The first kappa shape index (κ1) is 18.5. The third-order valence-corrected chi connectivity index (χ3v) is 4.76. The first-order valence-corrected chi connectivity index (χ1v) is 9.34. The van der Waals surface area contributed by atoms with Gasteiger partial charge in [0.05, 0.1) is 6.54 Å². The second-order valence-electron chi connectivity index (χ2n) is 7.33. The van der Waals surface area contributed by atoms with Gasteiger partial charge in [-0.05, 0) is 24.1 Å². The molecule has 3 N–H and O–H groups in total. The van der Waals surface area contributed by atoms with Crippen LogP contribution in [0.2, 0.25) is 0 Å². The van der Waals surface area contributed by atoms with E-state index < -0.39 is 6.03 Å². The molecule has 2 aliphatic rings. The highest BCUT2D eigenvalue weighted by atomic mass is 16.6. The fourth-order valence-electron chi connectivity index (χ4n) is 3.52. The Morgan fingerprint density at radius 2 is 2.00 bits per heavy atom. The van der Waals surface area contributed by atoms with Crippen LogP contribution >= 0.6 is 0 Å². The average molecular weight is 362 g/mol. The lowest BCUT2D eigenvalue weighted by Crippen LogP contribution is -3.11. The number of nitrogens with one attached hydrogen (secondary N) is 3. The van der Waals surface area contributed by atoms with Gasteiger partial charge in [0.15, 0.2) is 18.0 Å². The van der Waals surface area contributed by atoms with Crippen molar-refractivity contribution in [1.29, 1.82) is 0 Å². The molecular weight excluding hydrogens is 334 g/mol. The predicted octanol–water partition coefficient (Wildman–Crippen LogP) is 0.659. The van der Waals surface area contributed by atoms with Crippen LogP contribution in [-0.4, -0.2) is 44.8 Å². The first-order chi connectivity index (χ1) is 12.5. The van der Waals surface area contributed by atoms with Crippen LogP contribution in [0.4, 0.5) is 4.79 Å². The summed E-state index contributed by atoms with van der Waals surface area (Å²) < 4.78 is 11.2. The Hall–Kier alpha value is -2.28. The van der Waals surface area contributed by atoms with Crippen molar-refractivity contribution in [2.75, 3.05) is 32.8 Å². The van der Waals surface area contributed by atoms with Crippen molar-refractivity contribution >= 4 is 11.9 Å². The Labute approximate surface area is 154 Å². The molecule has 3 rings (SSSR count). The molecule has 3 amide bonds. The van der Waals surface area contributed by atoms with Crippen LogP contribution in [0.1, 0.15) is 38.3 Å². The predicted molar refractivity (Wildman–Crippen MR) is 96.5 cm³/mol. The van der Waals surface area contributed by atoms with E-state index in [0.717, 1.165) is 36.4 Å². The fourth-order valence-corrected chi connectivity index (χ4v) is 3.52. The van der Waals surface area contributed by atoms with Crippen LogP contribution in [0, 0.1) is 5.92 Å². The van der Waals surface area contributed by atoms with Gasteiger partial charge in [-0.1, -0.05) is 13.8 Å². The van der Waals surface area contributed by atoms with Crippen LogP contribution in [-0.2, 0) is 4.79 Å². The van der Waals surface area contributed by atoms with E-state index in [-0.39, 0.29) is 18.5 Å². The standard InChI is InChI=1S/C19H27N3O4/c1-13(2)11-20-19(24)21-18(23)12-22-7-3-4-15(22)14-5-6-16-17(10-14)26-9-8-25-16/h5-6,10,13,15H,3-4,7-9,11-12H2,1-2H3,(H2,20,21,23,24)/p+1/t15-/m1/s1. The second-order valence-corrected chi connectivity index (χ2v) is 7.33. The number of amides is 3. The number of imide groups is 1. The van der Waals surface area contributed by atoms with Gasteiger partial charge < -0.3 is 19.7 Å². The maximum atomic E-state index is 12.2. The van der Waals surface area contributed by atoms with Crippen LogP contribution in [0.15, 0.2) is 18.2 Å². The Morgan fingerprint density at radius 3 is 2.77 bits per heavy atom. The SMILES string of the molecule is CC(C)CNC(=O)NC(=O)C[NH+]1CCC[C@@H]1c1ccc2c(c1)OCCO2. The molecule has 0 bridgehead atoms. The molecule has 1 aromatic carbocycles. The number of hydrogen-bond donors (Lipinski definition) is 3. The molecule has 1 saturated heterocycles. The van der Waals surface area contributed by atoms with E-state index in [1.165, 1.54) is 4.90 Å². The van der Waals surface area contributed by atoms with Crippen molar-refractivity contribution in [3.05, 3.63) is 23.8 Å². The molecule has 2 atom stereocenters. The van der Waals surface area contributed by atoms with Crippen molar-refractivity contribution in [3.8, 4) is 11.5 Å². The van der Waals surface area contributed by atoms with Crippen molar-refractivity contribution in [1.82, 2.24) is 10.6 Å². The topological polar surface area (TPSA) is 81.1 Å². The monoisotopic (exact) mass is 362 g/mol. The van der Waals surface area contributed by atoms with E-state index in [4.69, 9.17) is 9.47 Å². The summed E-state index contributed by atoms with van der Waals surface area (Å²) in [5.41, 5.74) is 1.15. The average Bonchev–Trinajstić information content (AvgIpc) is 3.07. The highest BCUT2D eigenvalue weighted by Crippen LogP contribution is 2.33. The Morgan fingerprint density at radius 1 is 1.23 bits per heavy atom. The number of carbonyl (C=O) groups is 2. The normalized spacial score (nSPS) is 21.5. The maximum Gasteiger partial charge on any atom is 0.321 e. The molecule has 0 aromatic heterocycles. The minimum absolute atomic E-state index is 0.232. The lowest BCUT2D eigenvalue weighted by Gasteiger charge is -2.24. The highest BCUT2D eigenvalue weighted by molar-refractivity contribution is 5.94. The van der Waals surface area contributed by atoms with Gasteiger partial charge in [-0.25, -0.2) is 4.79 Å². The number of ether oxygens (including phenoxy) is 2. The Balaban J connectivity index is 1.58. The van der Waals surface area contributed by atoms with Gasteiger partial charge in [0, 0.05) is 24.9 Å². The van der Waals surface area contributed by atoms with Gasteiger partial charge in [0.2, 0.25) is 0 Å². The molecule has 0 radical (unpaired) electrons. The lowest BCUT2D eigenvalue weighted by atomic mass is 10.0. The van der Waals surface area contributed by atoms with Gasteiger partial charge in [-0.15, -0.1) is 0 Å². The van der Waals surface area contributed by atoms with Gasteiger partial charge in [0.1, 0.15) is 19.3 Å². The number of rotatable bonds is 5. The number of carbonyl (C=O) groups excluding carboxylic acids is 2. The van der Waals surface area contributed by atoms with E-state index in [2.05, 4.69) is 16.7 Å². The Bertz CT molecular complexity index is 662. The van der Waals surface area contributed by atoms with Crippen molar-refractivity contribution in [3.63, 3.8) is 0 Å². The summed E-state index contributed by atoms with van der Waals surface area (Å²) in [6.45, 7) is 6.91. The molecule has 7 nitrogen and oxygen atoms in total. The largest absolute Gasteiger partial charge is 0.486 e. The number of fused-ring (bicyclic) bond motifs is 1. The zero-order valence-corrected chi connectivity index (χ0v) is 15.5. The summed E-state index contributed by atoms with van der Waals surface area (Å²) in [6, 6.07) is 5.83. The molecule has 0 spiro atoms. The zero-order chi connectivity index (χ0) is 18.5. The third-order valence-electron chi connectivity index (χ3n) is 4.76. The van der Waals surface area contributed by atoms with Crippen LogP contribution in [0.25, 0.3) is 0 Å². The molecule has 7 heteroatoms. The molecule has 0 aliphatic carbocycles. The molecule has 142 valence electrons. The summed E-state index contributed by atoms with van der Waals surface area (Å²) in [6.07, 6.45) is 2.07. The minimum Gasteiger partial charge on any atom is -0.486 e. The number of hydrogen-bond acceptors (Lipinski definition) is 4. The number of benzene rings is 1. The van der Waals surface area contributed by atoms with Crippen LogP contribution < -0.4 is 25.0 Å². The summed E-state index contributed by atoms with van der Waals surface area (Å²) >= 11 is 0. The molecule has 1 unspecified atom stereocenters. The summed E-state index contributed by atoms with van der Waals surface area (Å²) in [4.78, 5) is 25.2. The molecule has 2 aliphatic heterocycles. The van der Waals surface area contributed by atoms with Gasteiger partial charge >= 0.3 is 6.03 Å². The van der Waals surface area contributed by atoms with Gasteiger partial charge in [0.25, 0.3) is 5.91 Å². The van der Waals surface area contributed by atoms with Gasteiger partial charge in [-0.3, -0.25) is 10.1 Å². The van der Waals surface area contributed by atoms with E-state index >= 15 is 0 Å². The molecule has 1 fully saturated rings. The van der Waals surface area contributed by atoms with Crippen molar-refractivity contribution < 1.29 is 24.0 Å². The number of quaternary nitrogens is 1. The highest BCUT2D eigenvalue weighted by Gasteiger charge is 2.32. The molecular formula is C19H28N3O4+. The number of likely N-dealkylation sites (tertiary alicyclic amines) is 1. The van der Waals surface area contributed by atoms with Crippen LogP contribution in [0.3, 0.4) is 0 Å². The molecule has 1 aromatic rings. The zero-order valence-electron chi connectivity index (χ0n) is 15.5. The van der Waals surface area contributed by atoms with Gasteiger partial charge in [-0.2, -0.15) is 0 Å². The van der Waals surface area contributed by atoms with E-state index in [1.807, 2.05) is 26.0 Å². The Kier molecular flexibility index (Phi) is 5.98. The molecule has 0 saturated carbocycles. The lowest BCUT2D eigenvalue weighted by molar-refractivity contribution is -0.910. The smallest absolute Gasteiger partial charge is 0.321 e. The number of urea groups is 1. The van der Waals surface area contributed by atoms with Crippen molar-refractivity contribution in [2.45, 2.75) is 32.7 Å². The fraction of sp³-hybridized carbons (Fsp3) is 0.579. The van der Waals surface area contributed by atoms with E-state index in [1.54, 1.807) is 0 Å². The first-order valence-electron chi connectivity index (χ1n) is 9.34. The van der Waals surface area contributed by atoms with Crippen molar-refractivity contribution in [2.24, 2.45) is 5.92 Å². The second kappa shape index (κ2) is 8.40. The quantitative estimate of drug-likeness (QED) is 0.719. The summed E-state index contributed by atoms with van der Waals surface area (Å²) in [5, 5.41) is 5.13. The third kappa shape index (κ3) is 4.66.